The summed E-state index contributed by atoms with van der Waals surface area (Å²) in [5.41, 5.74) is 0. The Morgan fingerprint density at radius 2 is 2.15 bits per heavy atom. The monoisotopic (exact) mass is 365 g/mol. The zero-order valence-corrected chi connectivity index (χ0v) is 14.3. The van der Waals surface area contributed by atoms with E-state index in [0.717, 1.165) is 30.5 Å². The van der Waals surface area contributed by atoms with Crippen molar-refractivity contribution in [3.05, 3.63) is 20.8 Å². The Bertz CT molecular complexity index is 349. The predicted molar refractivity (Wildman–Crippen MR) is 86.3 cm³/mol. The number of halogens is 1. The van der Waals surface area contributed by atoms with Gasteiger partial charge in [0, 0.05) is 34.4 Å². The van der Waals surface area contributed by atoms with Crippen LogP contribution in [0.3, 0.4) is 0 Å². The van der Waals surface area contributed by atoms with E-state index in [4.69, 9.17) is 9.47 Å². The SMILES string of the molecule is CCCCOCCOCC(O)CNCc1cc(Br)cs1. The molecule has 0 fully saturated rings. The number of aliphatic hydroxyl groups is 1. The molecule has 6 heteroatoms. The highest BCUT2D eigenvalue weighted by atomic mass is 79.9. The number of hydrogen-bond donors (Lipinski definition) is 2. The van der Waals surface area contributed by atoms with Gasteiger partial charge in [-0.25, -0.2) is 0 Å². The summed E-state index contributed by atoms with van der Waals surface area (Å²) in [6.45, 7) is 5.72. The summed E-state index contributed by atoms with van der Waals surface area (Å²) in [6.07, 6.45) is 1.76. The molecule has 20 heavy (non-hydrogen) atoms. The number of nitrogens with one attached hydrogen (secondary N) is 1. The van der Waals surface area contributed by atoms with Crippen LogP contribution in [0.5, 0.6) is 0 Å². The van der Waals surface area contributed by atoms with Gasteiger partial charge in [0.1, 0.15) is 0 Å². The van der Waals surface area contributed by atoms with Gasteiger partial charge in [-0.1, -0.05) is 13.3 Å². The molecular formula is C14H24BrNO3S. The molecule has 4 nitrogen and oxygen atoms in total. The highest BCUT2D eigenvalue weighted by molar-refractivity contribution is 9.10. The van der Waals surface area contributed by atoms with Crippen LogP contribution in [0, 0.1) is 0 Å². The quantitative estimate of drug-likeness (QED) is 0.559. The van der Waals surface area contributed by atoms with Crippen LogP contribution in [0.1, 0.15) is 24.6 Å². The van der Waals surface area contributed by atoms with Crippen molar-refractivity contribution in [2.75, 3.05) is 33.0 Å². The average Bonchev–Trinajstić information content (AvgIpc) is 2.83. The van der Waals surface area contributed by atoms with Crippen LogP contribution >= 0.6 is 27.3 Å². The second kappa shape index (κ2) is 11.7. The van der Waals surface area contributed by atoms with Gasteiger partial charge in [0.25, 0.3) is 0 Å². The van der Waals surface area contributed by atoms with E-state index >= 15 is 0 Å². The number of rotatable bonds is 12. The molecule has 0 aromatic carbocycles. The van der Waals surface area contributed by atoms with Crippen molar-refractivity contribution in [3.8, 4) is 0 Å². The fourth-order valence-electron chi connectivity index (χ4n) is 1.55. The maximum absolute atomic E-state index is 9.74. The molecule has 0 saturated heterocycles. The molecule has 0 aliphatic rings. The lowest BCUT2D eigenvalue weighted by Crippen LogP contribution is -2.30. The van der Waals surface area contributed by atoms with Crippen LogP contribution in [0.4, 0.5) is 0 Å². The highest BCUT2D eigenvalue weighted by Gasteiger charge is 2.04. The predicted octanol–water partition coefficient (Wildman–Crippen LogP) is 2.79. The van der Waals surface area contributed by atoms with E-state index in [1.807, 2.05) is 0 Å². The number of ether oxygens (including phenoxy) is 2. The summed E-state index contributed by atoms with van der Waals surface area (Å²) in [4.78, 5) is 1.24. The third-order valence-corrected chi connectivity index (χ3v) is 4.32. The van der Waals surface area contributed by atoms with Crippen LogP contribution in [0.2, 0.25) is 0 Å². The van der Waals surface area contributed by atoms with Gasteiger partial charge < -0.3 is 19.9 Å². The smallest absolute Gasteiger partial charge is 0.0897 e. The van der Waals surface area contributed by atoms with Crippen molar-refractivity contribution in [1.29, 1.82) is 0 Å². The first kappa shape index (κ1) is 18.1. The standard InChI is InChI=1S/C14H24BrNO3S/c1-2-3-4-18-5-6-19-10-13(17)8-16-9-14-7-12(15)11-20-14/h7,11,13,16-17H,2-6,8-10H2,1H3. The fraction of sp³-hybridized carbons (Fsp3) is 0.714. The van der Waals surface area contributed by atoms with Gasteiger partial charge in [-0.3, -0.25) is 0 Å². The first-order valence-corrected chi connectivity index (χ1v) is 8.66. The normalized spacial score (nSPS) is 12.8. The van der Waals surface area contributed by atoms with Crippen molar-refractivity contribution in [2.24, 2.45) is 0 Å². The molecule has 0 amide bonds. The summed E-state index contributed by atoms with van der Waals surface area (Å²) >= 11 is 5.11. The molecule has 116 valence electrons. The molecule has 0 radical (unpaired) electrons. The summed E-state index contributed by atoms with van der Waals surface area (Å²) in [6, 6.07) is 2.08. The minimum atomic E-state index is -0.478. The van der Waals surface area contributed by atoms with Crippen molar-refractivity contribution >= 4 is 27.3 Å². The molecular weight excluding hydrogens is 342 g/mol. The number of unbranched alkanes of at least 4 members (excludes halogenated alkanes) is 1. The molecule has 2 N–H and O–H groups in total. The van der Waals surface area contributed by atoms with Crippen molar-refractivity contribution in [2.45, 2.75) is 32.4 Å². The second-order valence-electron chi connectivity index (χ2n) is 4.56. The van der Waals surface area contributed by atoms with Gasteiger partial charge in [0.15, 0.2) is 0 Å². The summed E-state index contributed by atoms with van der Waals surface area (Å²) in [7, 11) is 0. The first-order chi connectivity index (χ1) is 9.72. The van der Waals surface area contributed by atoms with Gasteiger partial charge in [0.05, 0.1) is 25.9 Å². The van der Waals surface area contributed by atoms with Gasteiger partial charge in [-0.2, -0.15) is 0 Å². The van der Waals surface area contributed by atoms with E-state index in [0.29, 0.717) is 26.4 Å². The van der Waals surface area contributed by atoms with E-state index in [1.54, 1.807) is 11.3 Å². The lowest BCUT2D eigenvalue weighted by atomic mass is 10.3. The zero-order valence-electron chi connectivity index (χ0n) is 11.9. The van der Waals surface area contributed by atoms with E-state index in [1.165, 1.54) is 4.88 Å². The van der Waals surface area contributed by atoms with E-state index in [2.05, 4.69) is 39.6 Å². The van der Waals surface area contributed by atoms with E-state index in [-0.39, 0.29) is 0 Å². The van der Waals surface area contributed by atoms with Crippen molar-refractivity contribution < 1.29 is 14.6 Å². The Hall–Kier alpha value is 0.0200. The molecule has 0 saturated carbocycles. The lowest BCUT2D eigenvalue weighted by molar-refractivity contribution is 0.00386. The van der Waals surface area contributed by atoms with Crippen LogP contribution in [-0.2, 0) is 16.0 Å². The zero-order chi connectivity index (χ0) is 14.6. The van der Waals surface area contributed by atoms with Gasteiger partial charge in [-0.05, 0) is 28.4 Å². The first-order valence-electron chi connectivity index (χ1n) is 6.99. The summed E-state index contributed by atoms with van der Waals surface area (Å²) in [5, 5.41) is 15.0. The fourth-order valence-corrected chi connectivity index (χ4v) is 2.97. The van der Waals surface area contributed by atoms with Gasteiger partial charge >= 0.3 is 0 Å². The Kier molecular flexibility index (Phi) is 10.5. The topological polar surface area (TPSA) is 50.7 Å². The molecule has 0 bridgehead atoms. The largest absolute Gasteiger partial charge is 0.389 e. The average molecular weight is 366 g/mol. The Labute approximate surface area is 133 Å². The van der Waals surface area contributed by atoms with Crippen LogP contribution < -0.4 is 5.32 Å². The Morgan fingerprint density at radius 3 is 2.85 bits per heavy atom. The maximum Gasteiger partial charge on any atom is 0.0897 e. The lowest BCUT2D eigenvalue weighted by Gasteiger charge is -2.12. The number of hydrogen-bond acceptors (Lipinski definition) is 5. The summed E-state index contributed by atoms with van der Waals surface area (Å²) in [5.74, 6) is 0. The minimum absolute atomic E-state index is 0.346. The number of aliphatic hydroxyl groups excluding tert-OH is 1. The van der Waals surface area contributed by atoms with E-state index in [9.17, 15) is 5.11 Å². The van der Waals surface area contributed by atoms with Gasteiger partial charge in [-0.15, -0.1) is 11.3 Å². The Morgan fingerprint density at radius 1 is 1.35 bits per heavy atom. The third-order valence-electron chi connectivity index (χ3n) is 2.63. The van der Waals surface area contributed by atoms with Crippen LogP contribution in [0.15, 0.2) is 15.9 Å². The van der Waals surface area contributed by atoms with E-state index < -0.39 is 6.10 Å². The molecule has 1 aromatic heterocycles. The van der Waals surface area contributed by atoms with Crippen molar-refractivity contribution in [3.63, 3.8) is 0 Å². The highest BCUT2D eigenvalue weighted by Crippen LogP contribution is 2.19. The second-order valence-corrected chi connectivity index (χ2v) is 6.47. The summed E-state index contributed by atoms with van der Waals surface area (Å²) < 4.78 is 11.8. The van der Waals surface area contributed by atoms with Crippen LogP contribution in [-0.4, -0.2) is 44.2 Å². The molecule has 1 atom stereocenters. The van der Waals surface area contributed by atoms with Gasteiger partial charge in [0.2, 0.25) is 0 Å². The minimum Gasteiger partial charge on any atom is -0.389 e. The maximum atomic E-state index is 9.74. The molecule has 1 aromatic rings. The molecule has 1 unspecified atom stereocenters. The number of thiophene rings is 1. The van der Waals surface area contributed by atoms with Crippen molar-refractivity contribution in [1.82, 2.24) is 5.32 Å². The Balaban J connectivity index is 1.91. The molecule has 0 aliphatic heterocycles. The van der Waals surface area contributed by atoms with Crippen LogP contribution in [0.25, 0.3) is 0 Å². The molecule has 1 heterocycles. The molecule has 0 aliphatic carbocycles. The molecule has 1 rings (SSSR count). The molecule has 0 spiro atoms. The third kappa shape index (κ3) is 9.05.